The Bertz CT molecular complexity index is 698. The maximum atomic E-state index is 12.7. The molecule has 1 aromatic heterocycles. The van der Waals surface area contributed by atoms with E-state index in [1.54, 1.807) is 11.3 Å². The summed E-state index contributed by atoms with van der Waals surface area (Å²) in [6.45, 7) is 0.656. The van der Waals surface area contributed by atoms with Crippen LogP contribution in [0.5, 0.6) is 5.75 Å². The first kappa shape index (κ1) is 14.8. The van der Waals surface area contributed by atoms with E-state index in [1.165, 1.54) is 29.7 Å². The minimum atomic E-state index is 0.0503. The summed E-state index contributed by atoms with van der Waals surface area (Å²) in [5, 5.41) is 3.21. The van der Waals surface area contributed by atoms with Crippen LogP contribution < -0.4 is 10.1 Å². The van der Waals surface area contributed by atoms with Gasteiger partial charge in [-0.3, -0.25) is 4.79 Å². The van der Waals surface area contributed by atoms with E-state index in [4.69, 9.17) is 4.74 Å². The predicted molar refractivity (Wildman–Crippen MR) is 92.3 cm³/mol. The summed E-state index contributed by atoms with van der Waals surface area (Å²) >= 11 is 1.68. The summed E-state index contributed by atoms with van der Waals surface area (Å²) in [4.78, 5) is 15.0. The summed E-state index contributed by atoms with van der Waals surface area (Å²) in [6.07, 6.45) is 6.89. The standard InChI is InChI=1S/C19H21NO2S/c21-19(18-12-13-6-2-1-3-9-17(13)23-18)20-15-10-11-22-16-8-5-4-7-14(15)16/h4-5,7-8,12,15H,1-3,6,9-11H2,(H,20,21)/t15-/m1/s1. The number of nitrogens with one attached hydrogen (secondary N) is 1. The average molecular weight is 327 g/mol. The molecule has 2 heterocycles. The number of carbonyl (C=O) groups excluding carboxylic acids is 1. The topological polar surface area (TPSA) is 38.3 Å². The van der Waals surface area contributed by atoms with E-state index in [0.29, 0.717) is 6.61 Å². The molecule has 4 rings (SSSR count). The number of amides is 1. The van der Waals surface area contributed by atoms with Gasteiger partial charge in [0.1, 0.15) is 5.75 Å². The molecule has 1 N–H and O–H groups in total. The number of thiophene rings is 1. The molecular weight excluding hydrogens is 306 g/mol. The highest BCUT2D eigenvalue weighted by molar-refractivity contribution is 7.14. The van der Waals surface area contributed by atoms with Crippen molar-refractivity contribution in [1.29, 1.82) is 0 Å². The molecular formula is C19H21NO2S. The smallest absolute Gasteiger partial charge is 0.261 e. The molecule has 0 spiro atoms. The predicted octanol–water partition coefficient (Wildman–Crippen LogP) is 4.27. The number of carbonyl (C=O) groups is 1. The van der Waals surface area contributed by atoms with Crippen molar-refractivity contribution in [2.75, 3.05) is 6.61 Å². The molecule has 0 fully saturated rings. The van der Waals surface area contributed by atoms with Crippen molar-refractivity contribution in [3.05, 3.63) is 51.2 Å². The lowest BCUT2D eigenvalue weighted by molar-refractivity contribution is 0.0929. The monoisotopic (exact) mass is 327 g/mol. The highest BCUT2D eigenvalue weighted by Crippen LogP contribution is 2.33. The molecule has 0 unspecified atom stereocenters. The van der Waals surface area contributed by atoms with Crippen LogP contribution in [0.1, 0.15) is 57.4 Å². The Labute approximate surface area is 140 Å². The van der Waals surface area contributed by atoms with Crippen molar-refractivity contribution in [1.82, 2.24) is 5.32 Å². The van der Waals surface area contributed by atoms with E-state index in [-0.39, 0.29) is 11.9 Å². The third kappa shape index (κ3) is 3.00. The largest absolute Gasteiger partial charge is 0.493 e. The van der Waals surface area contributed by atoms with Crippen LogP contribution in [0.15, 0.2) is 30.3 Å². The van der Waals surface area contributed by atoms with Gasteiger partial charge in [-0.2, -0.15) is 0 Å². The molecule has 1 aliphatic heterocycles. The van der Waals surface area contributed by atoms with Gasteiger partial charge >= 0.3 is 0 Å². The average Bonchev–Trinajstić information content (AvgIpc) is 2.86. The zero-order valence-electron chi connectivity index (χ0n) is 13.1. The lowest BCUT2D eigenvalue weighted by Gasteiger charge is -2.26. The molecule has 2 aromatic rings. The second-order valence-electron chi connectivity index (χ2n) is 6.32. The first-order chi connectivity index (χ1) is 11.3. The van der Waals surface area contributed by atoms with Crippen LogP contribution in [0.2, 0.25) is 0 Å². The molecule has 1 aliphatic carbocycles. The van der Waals surface area contributed by atoms with Gasteiger partial charge in [0.25, 0.3) is 5.91 Å². The summed E-state index contributed by atoms with van der Waals surface area (Å²) in [5.41, 5.74) is 2.48. The second kappa shape index (κ2) is 6.36. The number of fused-ring (bicyclic) bond motifs is 2. The van der Waals surface area contributed by atoms with Gasteiger partial charge in [-0.25, -0.2) is 0 Å². The van der Waals surface area contributed by atoms with E-state index in [0.717, 1.165) is 35.5 Å². The highest BCUT2D eigenvalue weighted by atomic mass is 32.1. The molecule has 0 saturated carbocycles. The summed E-state index contributed by atoms with van der Waals surface area (Å²) in [7, 11) is 0. The van der Waals surface area contributed by atoms with Gasteiger partial charge in [-0.1, -0.05) is 24.6 Å². The Morgan fingerprint density at radius 1 is 1.17 bits per heavy atom. The lowest BCUT2D eigenvalue weighted by Crippen LogP contribution is -2.31. The summed E-state index contributed by atoms with van der Waals surface area (Å²) in [5.74, 6) is 0.954. The first-order valence-electron chi connectivity index (χ1n) is 8.45. The maximum Gasteiger partial charge on any atom is 0.261 e. The van der Waals surface area contributed by atoms with Gasteiger partial charge < -0.3 is 10.1 Å². The Kier molecular flexibility index (Phi) is 4.08. The molecule has 2 aliphatic rings. The van der Waals surface area contributed by atoms with Gasteiger partial charge in [-0.05, 0) is 43.4 Å². The van der Waals surface area contributed by atoms with Crippen LogP contribution in [-0.4, -0.2) is 12.5 Å². The Balaban J connectivity index is 1.53. The van der Waals surface area contributed by atoms with Crippen molar-refractivity contribution in [2.24, 2.45) is 0 Å². The SMILES string of the molecule is O=C(N[C@@H]1CCOc2ccccc21)c1cc2c(s1)CCCCC2. The quantitative estimate of drug-likeness (QED) is 0.837. The van der Waals surface area contributed by atoms with Crippen molar-refractivity contribution >= 4 is 17.2 Å². The Hall–Kier alpha value is -1.81. The van der Waals surface area contributed by atoms with Crippen LogP contribution in [0.4, 0.5) is 0 Å². The first-order valence-corrected chi connectivity index (χ1v) is 9.27. The summed E-state index contributed by atoms with van der Waals surface area (Å²) in [6, 6.07) is 10.2. The molecule has 23 heavy (non-hydrogen) atoms. The van der Waals surface area contributed by atoms with Crippen LogP contribution in [-0.2, 0) is 12.8 Å². The molecule has 3 nitrogen and oxygen atoms in total. The number of rotatable bonds is 2. The number of hydrogen-bond acceptors (Lipinski definition) is 3. The van der Waals surface area contributed by atoms with Crippen molar-refractivity contribution in [3.63, 3.8) is 0 Å². The molecule has 4 heteroatoms. The molecule has 1 atom stereocenters. The number of hydrogen-bond donors (Lipinski definition) is 1. The molecule has 1 aromatic carbocycles. The van der Waals surface area contributed by atoms with Gasteiger partial charge in [0.15, 0.2) is 0 Å². The van der Waals surface area contributed by atoms with E-state index in [1.807, 2.05) is 24.3 Å². The fraction of sp³-hybridized carbons (Fsp3) is 0.421. The van der Waals surface area contributed by atoms with Crippen LogP contribution in [0, 0.1) is 0 Å². The fourth-order valence-corrected chi connectivity index (χ4v) is 4.66. The molecule has 120 valence electrons. The van der Waals surface area contributed by atoms with E-state index in [9.17, 15) is 4.79 Å². The van der Waals surface area contributed by atoms with Gasteiger partial charge in [0.05, 0.1) is 17.5 Å². The zero-order chi connectivity index (χ0) is 15.6. The van der Waals surface area contributed by atoms with Crippen LogP contribution in [0.3, 0.4) is 0 Å². The highest BCUT2D eigenvalue weighted by Gasteiger charge is 2.24. The van der Waals surface area contributed by atoms with E-state index < -0.39 is 0 Å². The lowest BCUT2D eigenvalue weighted by atomic mass is 10.0. The minimum Gasteiger partial charge on any atom is -0.493 e. The van der Waals surface area contributed by atoms with E-state index in [2.05, 4.69) is 11.4 Å². The number of benzene rings is 1. The van der Waals surface area contributed by atoms with Crippen molar-refractivity contribution in [2.45, 2.75) is 44.6 Å². The van der Waals surface area contributed by atoms with E-state index >= 15 is 0 Å². The zero-order valence-corrected chi connectivity index (χ0v) is 14.0. The summed E-state index contributed by atoms with van der Waals surface area (Å²) < 4.78 is 5.67. The second-order valence-corrected chi connectivity index (χ2v) is 7.46. The molecule has 1 amide bonds. The third-order valence-electron chi connectivity index (χ3n) is 4.73. The molecule has 0 bridgehead atoms. The fourth-order valence-electron chi connectivity index (χ4n) is 3.50. The molecule has 0 radical (unpaired) electrons. The number of ether oxygens (including phenoxy) is 1. The Morgan fingerprint density at radius 3 is 3.00 bits per heavy atom. The third-order valence-corrected chi connectivity index (χ3v) is 5.97. The normalized spacial score (nSPS) is 19.9. The molecule has 0 saturated heterocycles. The van der Waals surface area contributed by atoms with Gasteiger partial charge in [0.2, 0.25) is 0 Å². The Morgan fingerprint density at radius 2 is 2.04 bits per heavy atom. The number of aryl methyl sites for hydroxylation is 2. The minimum absolute atomic E-state index is 0.0503. The van der Waals surface area contributed by atoms with Crippen LogP contribution >= 0.6 is 11.3 Å². The van der Waals surface area contributed by atoms with Crippen LogP contribution in [0.25, 0.3) is 0 Å². The van der Waals surface area contributed by atoms with Gasteiger partial charge in [-0.15, -0.1) is 11.3 Å². The number of para-hydroxylation sites is 1. The van der Waals surface area contributed by atoms with Crippen molar-refractivity contribution in [3.8, 4) is 5.75 Å². The van der Waals surface area contributed by atoms with Gasteiger partial charge in [0, 0.05) is 16.9 Å². The van der Waals surface area contributed by atoms with Crippen molar-refractivity contribution < 1.29 is 9.53 Å². The maximum absolute atomic E-state index is 12.7.